The molecular formula is C16H24F3N3O. The minimum atomic E-state index is -4.41. The molecule has 1 aliphatic rings. The van der Waals surface area contributed by atoms with Gasteiger partial charge in [-0.1, -0.05) is 13.8 Å². The lowest BCUT2D eigenvalue weighted by atomic mass is 9.95. The molecule has 0 radical (unpaired) electrons. The predicted octanol–water partition coefficient (Wildman–Crippen LogP) is 3.33. The molecule has 0 fully saturated rings. The van der Waals surface area contributed by atoms with Gasteiger partial charge in [0.15, 0.2) is 5.69 Å². The molecule has 1 amide bonds. The number of rotatable bonds is 6. The maximum Gasteiger partial charge on any atom is 0.435 e. The van der Waals surface area contributed by atoms with Crippen molar-refractivity contribution in [2.24, 2.45) is 5.92 Å². The van der Waals surface area contributed by atoms with Gasteiger partial charge in [-0.2, -0.15) is 18.3 Å². The van der Waals surface area contributed by atoms with E-state index in [9.17, 15) is 18.0 Å². The molecule has 0 spiro atoms. The van der Waals surface area contributed by atoms with Crippen LogP contribution in [0.1, 0.15) is 56.5 Å². The number of nitrogens with one attached hydrogen (secondary N) is 1. The predicted molar refractivity (Wildman–Crippen MR) is 81.0 cm³/mol. The fourth-order valence-electron chi connectivity index (χ4n) is 3.17. The third-order valence-electron chi connectivity index (χ3n) is 4.50. The minimum Gasteiger partial charge on any atom is -0.354 e. The Hall–Kier alpha value is -1.53. The lowest BCUT2D eigenvalue weighted by Crippen LogP contribution is -2.33. The first kappa shape index (κ1) is 17.8. The number of carbonyl (C=O) groups excluding carboxylic acids is 1. The Morgan fingerprint density at radius 1 is 1.26 bits per heavy atom. The van der Waals surface area contributed by atoms with Crippen LogP contribution in [0.5, 0.6) is 0 Å². The van der Waals surface area contributed by atoms with Crippen LogP contribution in [-0.4, -0.2) is 22.2 Å². The van der Waals surface area contributed by atoms with E-state index in [1.165, 1.54) is 4.68 Å². The molecule has 7 heteroatoms. The van der Waals surface area contributed by atoms with Crippen LogP contribution in [0, 0.1) is 5.92 Å². The van der Waals surface area contributed by atoms with Crippen LogP contribution in [0.3, 0.4) is 0 Å². The number of nitrogens with zero attached hydrogens (tertiary/aromatic N) is 2. The lowest BCUT2D eigenvalue weighted by molar-refractivity contribution is -0.142. The van der Waals surface area contributed by atoms with Crippen molar-refractivity contribution in [2.45, 2.75) is 65.1 Å². The van der Waals surface area contributed by atoms with Gasteiger partial charge in [0.2, 0.25) is 5.91 Å². The zero-order valence-electron chi connectivity index (χ0n) is 13.7. The SMILES string of the molecule is CCC(CC)C(=O)NCCn1nc(C(F)(F)F)c2c1CCCC2. The van der Waals surface area contributed by atoms with Crippen molar-refractivity contribution in [3.63, 3.8) is 0 Å². The smallest absolute Gasteiger partial charge is 0.354 e. The molecule has 23 heavy (non-hydrogen) atoms. The van der Waals surface area contributed by atoms with E-state index in [1.807, 2.05) is 13.8 Å². The molecule has 0 aromatic carbocycles. The molecule has 1 aromatic heterocycles. The standard InChI is InChI=1S/C16H24F3N3O/c1-3-11(4-2)15(23)20-9-10-22-13-8-6-5-7-12(13)14(21-22)16(17,18)19/h11H,3-10H2,1-2H3,(H,20,23). The molecule has 130 valence electrons. The van der Waals surface area contributed by atoms with E-state index in [0.717, 1.165) is 25.7 Å². The highest BCUT2D eigenvalue weighted by Gasteiger charge is 2.39. The Balaban J connectivity index is 2.06. The second kappa shape index (κ2) is 7.36. The summed E-state index contributed by atoms with van der Waals surface area (Å²) in [4.78, 5) is 11.9. The minimum absolute atomic E-state index is 0.0349. The molecule has 0 unspecified atom stereocenters. The molecule has 4 nitrogen and oxygen atoms in total. The summed E-state index contributed by atoms with van der Waals surface area (Å²) in [5.41, 5.74) is 0.272. The van der Waals surface area contributed by atoms with Gasteiger partial charge in [0.1, 0.15) is 0 Å². The summed E-state index contributed by atoms with van der Waals surface area (Å²) in [5.74, 6) is -0.0701. The summed E-state index contributed by atoms with van der Waals surface area (Å²) in [6, 6.07) is 0. The van der Waals surface area contributed by atoms with Crippen molar-refractivity contribution < 1.29 is 18.0 Å². The van der Waals surface area contributed by atoms with Gasteiger partial charge >= 0.3 is 6.18 Å². The van der Waals surface area contributed by atoms with Crippen LogP contribution in [0.25, 0.3) is 0 Å². The summed E-state index contributed by atoms with van der Waals surface area (Å²) in [5, 5.41) is 6.59. The van der Waals surface area contributed by atoms with Gasteiger partial charge in [-0.3, -0.25) is 9.48 Å². The third kappa shape index (κ3) is 4.06. The van der Waals surface area contributed by atoms with E-state index >= 15 is 0 Å². The topological polar surface area (TPSA) is 46.9 Å². The largest absolute Gasteiger partial charge is 0.435 e. The van der Waals surface area contributed by atoms with Crippen molar-refractivity contribution in [2.75, 3.05) is 6.54 Å². The number of hydrogen-bond donors (Lipinski definition) is 1. The fraction of sp³-hybridized carbons (Fsp3) is 0.750. The van der Waals surface area contributed by atoms with E-state index in [-0.39, 0.29) is 18.4 Å². The van der Waals surface area contributed by atoms with Gasteiger partial charge in [0, 0.05) is 23.7 Å². The molecule has 0 saturated carbocycles. The number of alkyl halides is 3. The van der Waals surface area contributed by atoms with E-state index in [2.05, 4.69) is 10.4 Å². The molecule has 1 aliphatic carbocycles. The number of halogens is 3. The van der Waals surface area contributed by atoms with Crippen LogP contribution in [0.15, 0.2) is 0 Å². The maximum absolute atomic E-state index is 13.1. The molecule has 0 bridgehead atoms. The summed E-state index contributed by atoms with van der Waals surface area (Å²) >= 11 is 0. The maximum atomic E-state index is 13.1. The summed E-state index contributed by atoms with van der Waals surface area (Å²) in [6.45, 7) is 4.49. The van der Waals surface area contributed by atoms with Gasteiger partial charge in [0.05, 0.1) is 6.54 Å². The van der Waals surface area contributed by atoms with E-state index in [1.54, 1.807) is 0 Å². The van der Waals surface area contributed by atoms with Crippen molar-refractivity contribution in [3.05, 3.63) is 17.0 Å². The second-order valence-corrected chi connectivity index (χ2v) is 6.01. The number of carbonyl (C=O) groups is 1. The molecule has 1 aromatic rings. The Kier molecular flexibility index (Phi) is 5.70. The van der Waals surface area contributed by atoms with Crippen LogP contribution < -0.4 is 5.32 Å². The monoisotopic (exact) mass is 331 g/mol. The summed E-state index contributed by atoms with van der Waals surface area (Å²) in [6.07, 6.45) is -0.173. The highest BCUT2D eigenvalue weighted by molar-refractivity contribution is 5.78. The van der Waals surface area contributed by atoms with Crippen LogP contribution in [-0.2, 0) is 30.4 Å². The number of hydrogen-bond acceptors (Lipinski definition) is 2. The van der Waals surface area contributed by atoms with Crippen molar-refractivity contribution in [1.29, 1.82) is 0 Å². The van der Waals surface area contributed by atoms with Crippen molar-refractivity contribution in [1.82, 2.24) is 15.1 Å². The third-order valence-corrected chi connectivity index (χ3v) is 4.50. The second-order valence-electron chi connectivity index (χ2n) is 6.01. The first-order valence-electron chi connectivity index (χ1n) is 8.31. The average Bonchev–Trinajstić information content (AvgIpc) is 2.88. The van der Waals surface area contributed by atoms with Gasteiger partial charge < -0.3 is 5.32 Å². The molecule has 0 saturated heterocycles. The molecule has 2 rings (SSSR count). The number of aromatic nitrogens is 2. The summed E-state index contributed by atoms with van der Waals surface area (Å²) < 4.78 is 40.7. The highest BCUT2D eigenvalue weighted by atomic mass is 19.4. The van der Waals surface area contributed by atoms with Crippen molar-refractivity contribution in [3.8, 4) is 0 Å². The highest BCUT2D eigenvalue weighted by Crippen LogP contribution is 2.35. The normalized spacial score (nSPS) is 14.9. The van der Waals surface area contributed by atoms with E-state index in [4.69, 9.17) is 0 Å². The fourth-order valence-corrected chi connectivity index (χ4v) is 3.17. The Morgan fingerprint density at radius 2 is 1.91 bits per heavy atom. The van der Waals surface area contributed by atoms with Crippen LogP contribution >= 0.6 is 0 Å². The molecule has 0 aliphatic heterocycles. The van der Waals surface area contributed by atoms with E-state index < -0.39 is 11.9 Å². The molecule has 1 heterocycles. The van der Waals surface area contributed by atoms with Crippen molar-refractivity contribution >= 4 is 5.91 Å². The Labute approximate surface area is 134 Å². The van der Waals surface area contributed by atoms with Gasteiger partial charge in [-0.05, 0) is 38.5 Å². The van der Waals surface area contributed by atoms with Gasteiger partial charge in [-0.25, -0.2) is 0 Å². The lowest BCUT2D eigenvalue weighted by Gasteiger charge is -2.16. The number of fused-ring (bicyclic) bond motifs is 1. The first-order valence-corrected chi connectivity index (χ1v) is 8.31. The summed E-state index contributed by atoms with van der Waals surface area (Å²) in [7, 11) is 0. The zero-order chi connectivity index (χ0) is 17.0. The molecular weight excluding hydrogens is 307 g/mol. The van der Waals surface area contributed by atoms with Gasteiger partial charge in [0.25, 0.3) is 0 Å². The van der Waals surface area contributed by atoms with E-state index in [0.29, 0.717) is 30.6 Å². The van der Waals surface area contributed by atoms with Crippen LogP contribution in [0.2, 0.25) is 0 Å². The first-order chi connectivity index (χ1) is 10.9. The van der Waals surface area contributed by atoms with Gasteiger partial charge in [-0.15, -0.1) is 0 Å². The van der Waals surface area contributed by atoms with Crippen LogP contribution in [0.4, 0.5) is 13.2 Å². The average molecular weight is 331 g/mol. The Bertz CT molecular complexity index is 548. The molecule has 0 atom stereocenters. The molecule has 1 N–H and O–H groups in total. The Morgan fingerprint density at radius 3 is 2.52 bits per heavy atom. The quantitative estimate of drug-likeness (QED) is 0.869. The number of amides is 1. The zero-order valence-corrected chi connectivity index (χ0v) is 13.7.